The smallest absolute Gasteiger partial charge is 0.220 e. The highest BCUT2D eigenvalue weighted by Crippen LogP contribution is 2.24. The first-order valence-corrected chi connectivity index (χ1v) is 5.80. The van der Waals surface area contributed by atoms with E-state index in [1.54, 1.807) is 0 Å². The van der Waals surface area contributed by atoms with E-state index < -0.39 is 5.60 Å². The standard InChI is InChI=1S/C11H22N2O3/c1-8(12)3-4-10(14)13-7-11(15)5-6-16-9(11)2/h8-9,15H,3-7,12H2,1-2H3,(H,13,14). The third-order valence-corrected chi connectivity index (χ3v) is 3.08. The van der Waals surface area contributed by atoms with Crippen molar-refractivity contribution in [2.24, 2.45) is 5.73 Å². The number of hydrogen-bond donors (Lipinski definition) is 3. The molecule has 1 rings (SSSR count). The number of aliphatic hydroxyl groups is 1. The predicted molar refractivity (Wildman–Crippen MR) is 60.9 cm³/mol. The molecular formula is C11H22N2O3. The lowest BCUT2D eigenvalue weighted by Gasteiger charge is -2.26. The molecule has 3 unspecified atom stereocenters. The third kappa shape index (κ3) is 3.73. The van der Waals surface area contributed by atoms with Gasteiger partial charge in [-0.2, -0.15) is 0 Å². The van der Waals surface area contributed by atoms with Gasteiger partial charge in [-0.1, -0.05) is 0 Å². The molecule has 0 aliphatic carbocycles. The van der Waals surface area contributed by atoms with Crippen molar-refractivity contribution in [1.82, 2.24) is 5.32 Å². The molecule has 0 radical (unpaired) electrons. The van der Waals surface area contributed by atoms with Gasteiger partial charge in [0.05, 0.1) is 6.10 Å². The molecule has 1 heterocycles. The number of amides is 1. The van der Waals surface area contributed by atoms with Gasteiger partial charge in [0.25, 0.3) is 0 Å². The average molecular weight is 230 g/mol. The van der Waals surface area contributed by atoms with Crippen LogP contribution < -0.4 is 11.1 Å². The van der Waals surface area contributed by atoms with Gasteiger partial charge in [0.1, 0.15) is 5.60 Å². The first-order valence-electron chi connectivity index (χ1n) is 5.80. The fourth-order valence-electron chi connectivity index (χ4n) is 1.70. The molecule has 0 saturated carbocycles. The zero-order valence-corrected chi connectivity index (χ0v) is 10.0. The summed E-state index contributed by atoms with van der Waals surface area (Å²) in [6.45, 7) is 4.49. The van der Waals surface area contributed by atoms with E-state index >= 15 is 0 Å². The van der Waals surface area contributed by atoms with Crippen LogP contribution >= 0.6 is 0 Å². The van der Waals surface area contributed by atoms with E-state index in [2.05, 4.69) is 5.32 Å². The number of carbonyl (C=O) groups excluding carboxylic acids is 1. The molecule has 0 aromatic carbocycles. The van der Waals surface area contributed by atoms with Crippen molar-refractivity contribution in [2.75, 3.05) is 13.2 Å². The van der Waals surface area contributed by atoms with Gasteiger partial charge in [0.15, 0.2) is 0 Å². The van der Waals surface area contributed by atoms with E-state index in [-0.39, 0.29) is 24.6 Å². The number of ether oxygens (including phenoxy) is 1. The fourth-order valence-corrected chi connectivity index (χ4v) is 1.70. The maximum Gasteiger partial charge on any atom is 0.220 e. The van der Waals surface area contributed by atoms with Crippen LogP contribution in [0.15, 0.2) is 0 Å². The van der Waals surface area contributed by atoms with Crippen molar-refractivity contribution in [3.8, 4) is 0 Å². The van der Waals surface area contributed by atoms with E-state index in [0.29, 0.717) is 25.9 Å². The predicted octanol–water partition coefficient (Wildman–Crippen LogP) is -0.230. The molecule has 1 aliphatic heterocycles. The molecule has 1 fully saturated rings. The van der Waals surface area contributed by atoms with Gasteiger partial charge in [-0.05, 0) is 20.3 Å². The first-order chi connectivity index (χ1) is 7.44. The third-order valence-electron chi connectivity index (χ3n) is 3.08. The Balaban J connectivity index is 2.26. The largest absolute Gasteiger partial charge is 0.385 e. The Labute approximate surface area is 96.3 Å². The Kier molecular flexibility index (Phi) is 4.70. The molecule has 0 aromatic heterocycles. The monoisotopic (exact) mass is 230 g/mol. The molecule has 0 bridgehead atoms. The van der Waals surface area contributed by atoms with E-state index in [1.807, 2.05) is 13.8 Å². The molecular weight excluding hydrogens is 208 g/mol. The van der Waals surface area contributed by atoms with Crippen LogP contribution in [0.5, 0.6) is 0 Å². The molecule has 3 atom stereocenters. The zero-order valence-electron chi connectivity index (χ0n) is 10.0. The second-order valence-electron chi connectivity index (χ2n) is 4.66. The van der Waals surface area contributed by atoms with Crippen LogP contribution in [0.25, 0.3) is 0 Å². The van der Waals surface area contributed by atoms with Gasteiger partial charge in [0.2, 0.25) is 5.91 Å². The fraction of sp³-hybridized carbons (Fsp3) is 0.909. The Bertz CT molecular complexity index is 245. The minimum atomic E-state index is -0.913. The summed E-state index contributed by atoms with van der Waals surface area (Å²) in [5, 5.41) is 12.8. The van der Waals surface area contributed by atoms with Crippen LogP contribution in [0.3, 0.4) is 0 Å². The first kappa shape index (κ1) is 13.4. The van der Waals surface area contributed by atoms with E-state index in [9.17, 15) is 9.90 Å². The topological polar surface area (TPSA) is 84.6 Å². The molecule has 4 N–H and O–H groups in total. The maximum atomic E-state index is 11.4. The highest BCUT2D eigenvalue weighted by Gasteiger charge is 2.39. The number of nitrogens with one attached hydrogen (secondary N) is 1. The van der Waals surface area contributed by atoms with Crippen molar-refractivity contribution in [1.29, 1.82) is 0 Å². The lowest BCUT2D eigenvalue weighted by atomic mass is 9.96. The molecule has 1 amide bonds. The Morgan fingerprint density at radius 1 is 1.75 bits per heavy atom. The summed E-state index contributed by atoms with van der Waals surface area (Å²) in [5.41, 5.74) is 4.64. The highest BCUT2D eigenvalue weighted by atomic mass is 16.5. The van der Waals surface area contributed by atoms with Gasteiger partial charge in [-0.3, -0.25) is 4.79 Å². The molecule has 1 saturated heterocycles. The Morgan fingerprint density at radius 2 is 2.44 bits per heavy atom. The lowest BCUT2D eigenvalue weighted by Crippen LogP contribution is -2.47. The van der Waals surface area contributed by atoms with Crippen molar-refractivity contribution in [2.45, 2.75) is 50.9 Å². The Hall–Kier alpha value is -0.650. The van der Waals surface area contributed by atoms with Crippen LogP contribution in [-0.4, -0.2) is 41.9 Å². The lowest BCUT2D eigenvalue weighted by molar-refractivity contribution is -0.123. The second-order valence-corrected chi connectivity index (χ2v) is 4.66. The molecule has 16 heavy (non-hydrogen) atoms. The number of nitrogens with two attached hydrogens (primary N) is 1. The Morgan fingerprint density at radius 3 is 2.94 bits per heavy atom. The van der Waals surface area contributed by atoms with E-state index in [0.717, 1.165) is 0 Å². The molecule has 0 spiro atoms. The molecule has 5 heteroatoms. The summed E-state index contributed by atoms with van der Waals surface area (Å²) in [5.74, 6) is -0.0650. The number of hydrogen-bond acceptors (Lipinski definition) is 4. The van der Waals surface area contributed by atoms with Crippen molar-refractivity contribution in [3.05, 3.63) is 0 Å². The summed E-state index contributed by atoms with van der Waals surface area (Å²) >= 11 is 0. The second kappa shape index (κ2) is 5.61. The van der Waals surface area contributed by atoms with Crippen LogP contribution in [0.4, 0.5) is 0 Å². The van der Waals surface area contributed by atoms with Crippen LogP contribution in [0, 0.1) is 0 Å². The van der Waals surface area contributed by atoms with Gasteiger partial charge >= 0.3 is 0 Å². The van der Waals surface area contributed by atoms with Crippen molar-refractivity contribution in [3.63, 3.8) is 0 Å². The summed E-state index contributed by atoms with van der Waals surface area (Å²) in [7, 11) is 0. The minimum Gasteiger partial charge on any atom is -0.385 e. The molecule has 5 nitrogen and oxygen atoms in total. The van der Waals surface area contributed by atoms with Gasteiger partial charge in [-0.25, -0.2) is 0 Å². The van der Waals surface area contributed by atoms with Gasteiger partial charge < -0.3 is 20.9 Å². The number of rotatable bonds is 5. The summed E-state index contributed by atoms with van der Waals surface area (Å²) in [6, 6.07) is 0.0302. The summed E-state index contributed by atoms with van der Waals surface area (Å²) in [6.07, 6.45) is 1.42. The van der Waals surface area contributed by atoms with Gasteiger partial charge in [-0.15, -0.1) is 0 Å². The SMILES string of the molecule is CC(N)CCC(=O)NCC1(O)CCOC1C. The normalized spacial score (nSPS) is 31.4. The van der Waals surface area contributed by atoms with Crippen LogP contribution in [-0.2, 0) is 9.53 Å². The van der Waals surface area contributed by atoms with E-state index in [1.165, 1.54) is 0 Å². The molecule has 0 aromatic rings. The summed E-state index contributed by atoms with van der Waals surface area (Å²) in [4.78, 5) is 11.4. The molecule has 1 aliphatic rings. The molecule has 94 valence electrons. The maximum absolute atomic E-state index is 11.4. The minimum absolute atomic E-state index is 0.0302. The van der Waals surface area contributed by atoms with Crippen molar-refractivity contribution >= 4 is 5.91 Å². The average Bonchev–Trinajstić information content (AvgIpc) is 2.54. The number of carbonyl (C=O) groups is 1. The highest BCUT2D eigenvalue weighted by molar-refractivity contribution is 5.75. The zero-order chi connectivity index (χ0) is 12.2. The summed E-state index contributed by atoms with van der Waals surface area (Å²) < 4.78 is 5.28. The van der Waals surface area contributed by atoms with Gasteiger partial charge in [0, 0.05) is 32.0 Å². The van der Waals surface area contributed by atoms with Crippen molar-refractivity contribution < 1.29 is 14.6 Å². The van der Waals surface area contributed by atoms with Crippen LogP contribution in [0.2, 0.25) is 0 Å². The van der Waals surface area contributed by atoms with Crippen LogP contribution in [0.1, 0.15) is 33.1 Å². The van der Waals surface area contributed by atoms with E-state index in [4.69, 9.17) is 10.5 Å². The quantitative estimate of drug-likeness (QED) is 0.609.